The van der Waals surface area contributed by atoms with Crippen LogP contribution in [0.3, 0.4) is 0 Å². The van der Waals surface area contributed by atoms with Crippen LogP contribution in [0.5, 0.6) is 5.75 Å². The number of hydrogen-bond donors (Lipinski definition) is 1. The van der Waals surface area contributed by atoms with Crippen molar-refractivity contribution in [3.8, 4) is 5.75 Å². The molecule has 0 fully saturated rings. The zero-order valence-electron chi connectivity index (χ0n) is 11.0. The standard InChI is InChI=1S/C14H23NO/c1-6-16-13-8-10(4)12(7-11(13)5)14(15)9(2)3/h7-9,14H,6,15H2,1-5H3. The molecule has 0 aromatic heterocycles. The number of rotatable bonds is 4. The summed E-state index contributed by atoms with van der Waals surface area (Å²) in [4.78, 5) is 0. The summed E-state index contributed by atoms with van der Waals surface area (Å²) >= 11 is 0. The fourth-order valence-electron chi connectivity index (χ4n) is 1.84. The molecule has 1 rings (SSSR count). The lowest BCUT2D eigenvalue weighted by Crippen LogP contribution is -2.18. The molecule has 2 heteroatoms. The molecule has 90 valence electrons. The van der Waals surface area contributed by atoms with Gasteiger partial charge in [0.25, 0.3) is 0 Å². The molecule has 16 heavy (non-hydrogen) atoms. The van der Waals surface area contributed by atoms with Crippen LogP contribution in [-0.2, 0) is 0 Å². The molecule has 0 spiro atoms. The molecule has 0 amide bonds. The van der Waals surface area contributed by atoms with Crippen LogP contribution in [0.2, 0.25) is 0 Å². The Morgan fingerprint density at radius 2 is 1.81 bits per heavy atom. The van der Waals surface area contributed by atoms with Gasteiger partial charge in [0.1, 0.15) is 5.75 Å². The van der Waals surface area contributed by atoms with Crippen LogP contribution < -0.4 is 10.5 Å². The van der Waals surface area contributed by atoms with Gasteiger partial charge in [0.15, 0.2) is 0 Å². The summed E-state index contributed by atoms with van der Waals surface area (Å²) in [6.45, 7) is 11.2. The number of aryl methyl sites for hydroxylation is 2. The summed E-state index contributed by atoms with van der Waals surface area (Å²) in [6, 6.07) is 4.36. The Morgan fingerprint density at radius 1 is 1.19 bits per heavy atom. The maximum atomic E-state index is 6.19. The largest absolute Gasteiger partial charge is 0.494 e. The fraction of sp³-hybridized carbons (Fsp3) is 0.571. The van der Waals surface area contributed by atoms with Gasteiger partial charge in [-0.3, -0.25) is 0 Å². The second-order valence-corrected chi connectivity index (χ2v) is 4.68. The number of nitrogens with two attached hydrogens (primary N) is 1. The van der Waals surface area contributed by atoms with Gasteiger partial charge in [-0.25, -0.2) is 0 Å². The third-order valence-electron chi connectivity index (χ3n) is 2.94. The second kappa shape index (κ2) is 5.35. The maximum Gasteiger partial charge on any atom is 0.122 e. The minimum Gasteiger partial charge on any atom is -0.494 e. The summed E-state index contributed by atoms with van der Waals surface area (Å²) in [5.41, 5.74) is 9.81. The van der Waals surface area contributed by atoms with Crippen molar-refractivity contribution >= 4 is 0 Å². The van der Waals surface area contributed by atoms with Crippen LogP contribution in [0.15, 0.2) is 12.1 Å². The zero-order chi connectivity index (χ0) is 12.3. The summed E-state index contributed by atoms with van der Waals surface area (Å²) < 4.78 is 5.57. The minimum atomic E-state index is 0.106. The molecule has 2 nitrogen and oxygen atoms in total. The molecule has 2 N–H and O–H groups in total. The third kappa shape index (κ3) is 2.76. The highest BCUT2D eigenvalue weighted by Crippen LogP contribution is 2.28. The van der Waals surface area contributed by atoms with Gasteiger partial charge in [0.2, 0.25) is 0 Å². The van der Waals surface area contributed by atoms with E-state index in [2.05, 4.69) is 39.8 Å². The van der Waals surface area contributed by atoms with Crippen LogP contribution in [0, 0.1) is 19.8 Å². The summed E-state index contributed by atoms with van der Waals surface area (Å²) in [6.07, 6.45) is 0. The first-order valence-electron chi connectivity index (χ1n) is 5.96. The first kappa shape index (κ1) is 13.0. The molecule has 1 aromatic rings. The Balaban J connectivity index is 3.10. The molecule has 0 saturated carbocycles. The van der Waals surface area contributed by atoms with Gasteiger partial charge in [-0.2, -0.15) is 0 Å². The zero-order valence-corrected chi connectivity index (χ0v) is 11.0. The third-order valence-corrected chi connectivity index (χ3v) is 2.94. The van der Waals surface area contributed by atoms with E-state index >= 15 is 0 Å². The number of hydrogen-bond acceptors (Lipinski definition) is 2. The van der Waals surface area contributed by atoms with Crippen molar-refractivity contribution < 1.29 is 4.74 Å². The van der Waals surface area contributed by atoms with Crippen LogP contribution >= 0.6 is 0 Å². The summed E-state index contributed by atoms with van der Waals surface area (Å²) in [5, 5.41) is 0. The monoisotopic (exact) mass is 221 g/mol. The second-order valence-electron chi connectivity index (χ2n) is 4.68. The van der Waals surface area contributed by atoms with Gasteiger partial charge in [-0.1, -0.05) is 19.9 Å². The highest BCUT2D eigenvalue weighted by atomic mass is 16.5. The van der Waals surface area contributed by atoms with Gasteiger partial charge in [0.05, 0.1) is 6.61 Å². The predicted octanol–water partition coefficient (Wildman–Crippen LogP) is 3.36. The Hall–Kier alpha value is -1.02. The van der Waals surface area contributed by atoms with Crippen LogP contribution in [0.25, 0.3) is 0 Å². The molecule has 1 aromatic carbocycles. The van der Waals surface area contributed by atoms with Crippen molar-refractivity contribution in [2.75, 3.05) is 6.61 Å². The van der Waals surface area contributed by atoms with E-state index in [1.165, 1.54) is 16.7 Å². The van der Waals surface area contributed by atoms with Crippen LogP contribution in [0.4, 0.5) is 0 Å². The van der Waals surface area contributed by atoms with Crippen LogP contribution in [-0.4, -0.2) is 6.61 Å². The summed E-state index contributed by atoms with van der Waals surface area (Å²) in [5.74, 6) is 1.43. The Bertz CT molecular complexity index is 358. The SMILES string of the molecule is CCOc1cc(C)c(C(N)C(C)C)cc1C. The molecule has 0 bridgehead atoms. The van der Waals surface area contributed by atoms with Gasteiger partial charge < -0.3 is 10.5 Å². The van der Waals surface area contributed by atoms with Crippen molar-refractivity contribution in [3.05, 3.63) is 28.8 Å². The Kier molecular flexibility index (Phi) is 4.36. The first-order valence-corrected chi connectivity index (χ1v) is 5.96. The highest BCUT2D eigenvalue weighted by Gasteiger charge is 2.14. The topological polar surface area (TPSA) is 35.2 Å². The van der Waals surface area contributed by atoms with Crippen molar-refractivity contribution in [1.82, 2.24) is 0 Å². The van der Waals surface area contributed by atoms with Gasteiger partial charge in [0, 0.05) is 6.04 Å². The van der Waals surface area contributed by atoms with E-state index in [4.69, 9.17) is 10.5 Å². The molecule has 0 radical (unpaired) electrons. The van der Waals surface area contributed by atoms with E-state index in [0.717, 1.165) is 5.75 Å². The number of benzene rings is 1. The average Bonchev–Trinajstić information content (AvgIpc) is 2.22. The van der Waals surface area contributed by atoms with Gasteiger partial charge >= 0.3 is 0 Å². The van der Waals surface area contributed by atoms with Crippen molar-refractivity contribution in [2.24, 2.45) is 11.7 Å². The fourth-order valence-corrected chi connectivity index (χ4v) is 1.84. The molecule has 1 unspecified atom stereocenters. The molecule has 0 heterocycles. The predicted molar refractivity (Wildman–Crippen MR) is 68.9 cm³/mol. The van der Waals surface area contributed by atoms with Gasteiger partial charge in [-0.15, -0.1) is 0 Å². The van der Waals surface area contributed by atoms with E-state index in [1.54, 1.807) is 0 Å². The molecule has 1 atom stereocenters. The first-order chi connectivity index (χ1) is 7.47. The average molecular weight is 221 g/mol. The van der Waals surface area contributed by atoms with Gasteiger partial charge in [-0.05, 0) is 49.4 Å². The lowest BCUT2D eigenvalue weighted by Gasteiger charge is -2.20. The van der Waals surface area contributed by atoms with E-state index in [0.29, 0.717) is 12.5 Å². The summed E-state index contributed by atoms with van der Waals surface area (Å²) in [7, 11) is 0. The highest BCUT2D eigenvalue weighted by molar-refractivity contribution is 5.42. The van der Waals surface area contributed by atoms with Crippen molar-refractivity contribution in [2.45, 2.75) is 40.7 Å². The Morgan fingerprint density at radius 3 is 2.31 bits per heavy atom. The van der Waals surface area contributed by atoms with E-state index < -0.39 is 0 Å². The quantitative estimate of drug-likeness (QED) is 0.846. The molecular weight excluding hydrogens is 198 g/mol. The Labute approximate surface area is 98.8 Å². The molecule has 0 aliphatic heterocycles. The number of ether oxygens (including phenoxy) is 1. The minimum absolute atomic E-state index is 0.106. The lowest BCUT2D eigenvalue weighted by atomic mass is 9.92. The van der Waals surface area contributed by atoms with Crippen molar-refractivity contribution in [3.63, 3.8) is 0 Å². The molecule has 0 aliphatic rings. The normalized spacial score (nSPS) is 12.9. The molecule has 0 saturated heterocycles. The van der Waals surface area contributed by atoms with E-state index in [1.807, 2.05) is 6.92 Å². The molecule has 0 aliphatic carbocycles. The maximum absolute atomic E-state index is 6.19. The smallest absolute Gasteiger partial charge is 0.122 e. The van der Waals surface area contributed by atoms with E-state index in [-0.39, 0.29) is 6.04 Å². The lowest BCUT2D eigenvalue weighted by molar-refractivity contribution is 0.337. The molecular formula is C14H23NO. The van der Waals surface area contributed by atoms with Crippen molar-refractivity contribution in [1.29, 1.82) is 0 Å². The van der Waals surface area contributed by atoms with E-state index in [9.17, 15) is 0 Å². The van der Waals surface area contributed by atoms with Crippen LogP contribution in [0.1, 0.15) is 43.5 Å².